The maximum absolute atomic E-state index is 12.2. The first-order chi connectivity index (χ1) is 16.9. The van der Waals surface area contributed by atoms with Crippen LogP contribution in [-0.2, 0) is 4.79 Å². The number of hydrogen-bond acceptors (Lipinski definition) is 6. The van der Waals surface area contributed by atoms with Crippen molar-refractivity contribution in [2.75, 3.05) is 30.9 Å². The number of nitro groups is 1. The molecule has 1 heterocycles. The van der Waals surface area contributed by atoms with Crippen molar-refractivity contribution in [2.45, 2.75) is 31.7 Å². The molecule has 1 fully saturated rings. The molecule has 1 aromatic heterocycles. The Bertz CT molecular complexity index is 1230. The number of aromatic nitrogens is 1. The number of carbonyl (C=O) groups excluding carboxylic acids is 1. The highest BCUT2D eigenvalue weighted by molar-refractivity contribution is 5.93. The number of nitro benzene ring substituents is 1. The highest BCUT2D eigenvalue weighted by Gasteiger charge is 2.22. The van der Waals surface area contributed by atoms with Gasteiger partial charge >= 0.3 is 0 Å². The van der Waals surface area contributed by atoms with Crippen LogP contribution in [0.1, 0.15) is 31.2 Å². The number of non-ortho nitro benzene ring substituents is 1. The minimum absolute atomic E-state index is 0.00903. The van der Waals surface area contributed by atoms with Crippen LogP contribution in [0.4, 0.5) is 17.2 Å². The summed E-state index contributed by atoms with van der Waals surface area (Å²) >= 11 is 0. The van der Waals surface area contributed by atoms with Crippen molar-refractivity contribution in [1.29, 1.82) is 0 Å². The Morgan fingerprint density at radius 3 is 2.63 bits per heavy atom. The summed E-state index contributed by atoms with van der Waals surface area (Å²) in [6.45, 7) is 0.629. The summed E-state index contributed by atoms with van der Waals surface area (Å²) in [6, 6.07) is 16.9. The van der Waals surface area contributed by atoms with E-state index in [1.807, 2.05) is 32.3 Å². The third-order valence-corrected chi connectivity index (χ3v) is 6.45. The summed E-state index contributed by atoms with van der Waals surface area (Å²) in [7, 11) is 4.09. The number of pyridine rings is 1. The molecule has 0 bridgehead atoms. The van der Waals surface area contributed by atoms with Gasteiger partial charge in [-0.2, -0.15) is 0 Å². The number of fused-ring (bicyclic) bond motifs is 1. The lowest BCUT2D eigenvalue weighted by Gasteiger charge is -2.30. The minimum Gasteiger partial charge on any atom is -0.377 e. The van der Waals surface area contributed by atoms with Gasteiger partial charge in [0.05, 0.1) is 10.4 Å². The Kier molecular flexibility index (Phi) is 7.60. The highest BCUT2D eigenvalue weighted by atomic mass is 16.6. The Hall–Kier alpha value is -3.94. The summed E-state index contributed by atoms with van der Waals surface area (Å²) in [5, 5.41) is 18.6. The van der Waals surface area contributed by atoms with Gasteiger partial charge in [-0.15, -0.1) is 0 Å². The van der Waals surface area contributed by atoms with E-state index in [1.165, 1.54) is 18.2 Å². The van der Waals surface area contributed by atoms with E-state index in [9.17, 15) is 14.9 Å². The van der Waals surface area contributed by atoms with Crippen LogP contribution in [0.25, 0.3) is 17.0 Å². The van der Waals surface area contributed by atoms with Crippen molar-refractivity contribution < 1.29 is 9.72 Å². The van der Waals surface area contributed by atoms with Crippen molar-refractivity contribution in [3.8, 4) is 0 Å². The summed E-state index contributed by atoms with van der Waals surface area (Å²) in [6.07, 6.45) is 7.13. The van der Waals surface area contributed by atoms with E-state index in [0.717, 1.165) is 48.1 Å². The maximum Gasteiger partial charge on any atom is 0.270 e. The van der Waals surface area contributed by atoms with Gasteiger partial charge in [-0.1, -0.05) is 30.3 Å². The van der Waals surface area contributed by atoms with Crippen LogP contribution < -0.4 is 15.5 Å². The monoisotopic (exact) mass is 473 g/mol. The largest absolute Gasteiger partial charge is 0.377 e. The number of carbonyl (C=O) groups is 1. The van der Waals surface area contributed by atoms with E-state index < -0.39 is 4.92 Å². The smallest absolute Gasteiger partial charge is 0.270 e. The molecule has 1 aliphatic rings. The predicted molar refractivity (Wildman–Crippen MR) is 141 cm³/mol. The van der Waals surface area contributed by atoms with Crippen LogP contribution in [0.5, 0.6) is 0 Å². The SMILES string of the molecule is CN(C)c1cc(N[C@H]2CC[C@@H](CNC(=O)C=Cc3cccc([N+](=O)[O-])c3)CC2)nc2ccccc12. The molecule has 182 valence electrons. The van der Waals surface area contributed by atoms with E-state index in [2.05, 4.69) is 27.7 Å². The van der Waals surface area contributed by atoms with E-state index >= 15 is 0 Å². The molecule has 0 unspecified atom stereocenters. The third-order valence-electron chi connectivity index (χ3n) is 6.45. The molecular weight excluding hydrogens is 442 g/mol. The summed E-state index contributed by atoms with van der Waals surface area (Å²) in [4.78, 5) is 29.6. The fourth-order valence-electron chi connectivity index (χ4n) is 4.54. The number of benzene rings is 2. The van der Waals surface area contributed by atoms with Gasteiger partial charge in [0.2, 0.25) is 5.91 Å². The molecule has 0 spiro atoms. The van der Waals surface area contributed by atoms with Gasteiger partial charge in [0, 0.05) is 62.0 Å². The van der Waals surface area contributed by atoms with Gasteiger partial charge in [0.1, 0.15) is 5.82 Å². The molecule has 0 saturated heterocycles. The fourth-order valence-corrected chi connectivity index (χ4v) is 4.54. The third kappa shape index (κ3) is 6.35. The first-order valence-corrected chi connectivity index (χ1v) is 11.9. The second-order valence-electron chi connectivity index (χ2n) is 9.23. The highest BCUT2D eigenvalue weighted by Crippen LogP contribution is 2.30. The average Bonchev–Trinajstić information content (AvgIpc) is 2.86. The molecule has 1 amide bonds. The van der Waals surface area contributed by atoms with Gasteiger partial charge in [-0.25, -0.2) is 4.98 Å². The van der Waals surface area contributed by atoms with Gasteiger partial charge in [0.15, 0.2) is 0 Å². The van der Waals surface area contributed by atoms with Crippen LogP contribution >= 0.6 is 0 Å². The molecule has 8 heteroatoms. The van der Waals surface area contributed by atoms with E-state index in [4.69, 9.17) is 4.98 Å². The molecule has 0 aliphatic heterocycles. The van der Waals surface area contributed by atoms with Gasteiger partial charge in [-0.3, -0.25) is 14.9 Å². The Balaban J connectivity index is 1.26. The average molecular weight is 474 g/mol. The lowest BCUT2D eigenvalue weighted by atomic mass is 9.86. The minimum atomic E-state index is -0.445. The zero-order valence-electron chi connectivity index (χ0n) is 20.1. The van der Waals surface area contributed by atoms with Crippen LogP contribution in [0.15, 0.2) is 60.7 Å². The number of hydrogen-bond donors (Lipinski definition) is 2. The predicted octanol–water partition coefficient (Wildman–Crippen LogP) is 5.01. The summed E-state index contributed by atoms with van der Waals surface area (Å²) in [5.74, 6) is 1.15. The number of para-hydroxylation sites is 1. The normalized spacial score (nSPS) is 17.9. The van der Waals surface area contributed by atoms with Gasteiger partial charge < -0.3 is 15.5 Å². The second kappa shape index (κ2) is 11.0. The zero-order valence-corrected chi connectivity index (χ0v) is 20.1. The Labute approximate surface area is 205 Å². The van der Waals surface area contributed by atoms with Gasteiger partial charge in [-0.05, 0) is 49.3 Å². The molecule has 1 aliphatic carbocycles. The lowest BCUT2D eigenvalue weighted by Crippen LogP contribution is -2.33. The van der Waals surface area contributed by atoms with E-state index in [1.54, 1.807) is 18.2 Å². The van der Waals surface area contributed by atoms with E-state index in [-0.39, 0.29) is 11.6 Å². The molecule has 35 heavy (non-hydrogen) atoms. The van der Waals surface area contributed by atoms with E-state index in [0.29, 0.717) is 24.1 Å². The molecule has 2 N–H and O–H groups in total. The number of nitrogens with one attached hydrogen (secondary N) is 2. The molecule has 8 nitrogen and oxygen atoms in total. The van der Waals surface area contributed by atoms with Crippen molar-refractivity contribution in [3.05, 3.63) is 76.4 Å². The summed E-state index contributed by atoms with van der Waals surface area (Å²) < 4.78 is 0. The molecule has 3 aromatic rings. The van der Waals surface area contributed by atoms with Crippen molar-refractivity contribution in [2.24, 2.45) is 5.92 Å². The van der Waals surface area contributed by atoms with Gasteiger partial charge in [0.25, 0.3) is 5.69 Å². The first-order valence-electron chi connectivity index (χ1n) is 11.9. The summed E-state index contributed by atoms with van der Waals surface area (Å²) in [5.41, 5.74) is 2.76. The quantitative estimate of drug-likeness (QED) is 0.271. The fraction of sp³-hybridized carbons (Fsp3) is 0.333. The van der Waals surface area contributed by atoms with Crippen molar-refractivity contribution >= 4 is 40.1 Å². The molecular formula is C27H31N5O3. The van der Waals surface area contributed by atoms with Crippen molar-refractivity contribution in [1.82, 2.24) is 10.3 Å². The molecule has 1 saturated carbocycles. The lowest BCUT2D eigenvalue weighted by molar-refractivity contribution is -0.384. The molecule has 4 rings (SSSR count). The Morgan fingerprint density at radius 1 is 1.11 bits per heavy atom. The van der Waals surface area contributed by atoms with Crippen LogP contribution in [-0.4, -0.2) is 42.5 Å². The number of anilines is 2. The zero-order chi connectivity index (χ0) is 24.8. The molecule has 0 radical (unpaired) electrons. The number of amides is 1. The maximum atomic E-state index is 12.2. The number of rotatable bonds is 8. The van der Waals surface area contributed by atoms with Crippen LogP contribution in [0.3, 0.4) is 0 Å². The number of nitrogens with zero attached hydrogens (tertiary/aromatic N) is 3. The molecule has 0 atom stereocenters. The topological polar surface area (TPSA) is 100 Å². The van der Waals surface area contributed by atoms with Crippen LogP contribution in [0.2, 0.25) is 0 Å². The Morgan fingerprint density at radius 2 is 1.89 bits per heavy atom. The standard InChI is InChI=1S/C27H31N5O3/c1-31(2)25-17-26(30-24-9-4-3-8-23(24)25)29-21-13-10-20(11-14-21)18-28-27(33)15-12-19-6-5-7-22(16-19)32(34)35/h3-9,12,15-17,20-21H,10-11,13-14,18H2,1-2H3,(H,28,33)(H,29,30)/t20-,21+. The first kappa shape index (κ1) is 24.2. The molecule has 2 aromatic carbocycles. The van der Waals surface area contributed by atoms with Crippen molar-refractivity contribution in [3.63, 3.8) is 0 Å². The van der Waals surface area contributed by atoms with Crippen LogP contribution in [0, 0.1) is 16.0 Å². The second-order valence-corrected chi connectivity index (χ2v) is 9.23.